The van der Waals surface area contributed by atoms with Crippen LogP contribution in [0.2, 0.25) is 0 Å². The van der Waals surface area contributed by atoms with E-state index in [1.807, 2.05) is 19.1 Å². The molecule has 4 heteroatoms. The van der Waals surface area contributed by atoms with E-state index in [-0.39, 0.29) is 11.9 Å². The van der Waals surface area contributed by atoms with Gasteiger partial charge in [0.05, 0.1) is 6.04 Å². The lowest BCUT2D eigenvalue weighted by Crippen LogP contribution is -2.31. The van der Waals surface area contributed by atoms with Gasteiger partial charge in [0.25, 0.3) is 0 Å². The summed E-state index contributed by atoms with van der Waals surface area (Å²) in [5.41, 5.74) is 1.05. The fourth-order valence-corrected chi connectivity index (χ4v) is 2.53. The second-order valence-corrected chi connectivity index (χ2v) is 5.33. The molecule has 1 aromatic heterocycles. The van der Waals surface area contributed by atoms with Gasteiger partial charge in [0.2, 0.25) is 5.91 Å². The van der Waals surface area contributed by atoms with Crippen molar-refractivity contribution in [1.29, 1.82) is 0 Å². The Morgan fingerprint density at radius 1 is 1.63 bits per heavy atom. The van der Waals surface area contributed by atoms with Gasteiger partial charge in [-0.2, -0.15) is 0 Å². The van der Waals surface area contributed by atoms with Crippen LogP contribution in [0.25, 0.3) is 0 Å². The summed E-state index contributed by atoms with van der Waals surface area (Å²) < 4.78 is 0. The molecule has 0 spiro atoms. The molecule has 0 aliphatic carbocycles. The molecule has 1 unspecified atom stereocenters. The highest BCUT2D eigenvalue weighted by atomic mass is 16.1. The SMILES string of the molecule is C[C@H](NC(=O)CCC1CCCNC1)c1cccnc1. The van der Waals surface area contributed by atoms with Crippen molar-refractivity contribution < 1.29 is 4.79 Å². The third-order valence-electron chi connectivity index (χ3n) is 3.74. The molecule has 0 radical (unpaired) electrons. The van der Waals surface area contributed by atoms with E-state index in [1.54, 1.807) is 12.4 Å². The van der Waals surface area contributed by atoms with Gasteiger partial charge in [0.15, 0.2) is 0 Å². The number of nitrogens with zero attached hydrogens (tertiary/aromatic N) is 1. The van der Waals surface area contributed by atoms with Crippen LogP contribution in [-0.2, 0) is 4.79 Å². The molecular formula is C15H23N3O. The first-order valence-electron chi connectivity index (χ1n) is 7.15. The number of nitrogens with one attached hydrogen (secondary N) is 2. The van der Waals surface area contributed by atoms with Crippen molar-refractivity contribution in [3.8, 4) is 0 Å². The van der Waals surface area contributed by atoms with E-state index in [0.717, 1.165) is 25.1 Å². The predicted molar refractivity (Wildman–Crippen MR) is 75.6 cm³/mol. The summed E-state index contributed by atoms with van der Waals surface area (Å²) in [5, 5.41) is 6.42. The Bertz CT molecular complexity index is 388. The lowest BCUT2D eigenvalue weighted by molar-refractivity contribution is -0.122. The van der Waals surface area contributed by atoms with Gasteiger partial charge in [-0.25, -0.2) is 0 Å². The fourth-order valence-electron chi connectivity index (χ4n) is 2.53. The van der Waals surface area contributed by atoms with E-state index in [0.29, 0.717) is 12.3 Å². The highest BCUT2D eigenvalue weighted by molar-refractivity contribution is 5.76. The number of rotatable bonds is 5. The van der Waals surface area contributed by atoms with Gasteiger partial charge in [-0.1, -0.05) is 6.07 Å². The zero-order chi connectivity index (χ0) is 13.5. The Hall–Kier alpha value is -1.42. The second-order valence-electron chi connectivity index (χ2n) is 5.33. The van der Waals surface area contributed by atoms with Gasteiger partial charge in [-0.15, -0.1) is 0 Å². The van der Waals surface area contributed by atoms with Crippen LogP contribution in [0.1, 0.15) is 44.2 Å². The molecule has 0 aromatic carbocycles. The molecule has 104 valence electrons. The van der Waals surface area contributed by atoms with E-state index < -0.39 is 0 Å². The first-order chi connectivity index (χ1) is 9.25. The molecule has 1 aliphatic heterocycles. The van der Waals surface area contributed by atoms with Crippen LogP contribution >= 0.6 is 0 Å². The Morgan fingerprint density at radius 3 is 3.21 bits per heavy atom. The van der Waals surface area contributed by atoms with Crippen LogP contribution in [0.5, 0.6) is 0 Å². The van der Waals surface area contributed by atoms with E-state index in [9.17, 15) is 4.79 Å². The van der Waals surface area contributed by atoms with Crippen LogP contribution < -0.4 is 10.6 Å². The minimum absolute atomic E-state index is 0.0330. The molecule has 2 heterocycles. The van der Waals surface area contributed by atoms with Crippen molar-refractivity contribution in [3.05, 3.63) is 30.1 Å². The highest BCUT2D eigenvalue weighted by Crippen LogP contribution is 2.16. The lowest BCUT2D eigenvalue weighted by atomic mass is 9.94. The third kappa shape index (κ3) is 4.63. The first-order valence-corrected chi connectivity index (χ1v) is 7.15. The van der Waals surface area contributed by atoms with E-state index in [1.165, 1.54) is 12.8 Å². The summed E-state index contributed by atoms with van der Waals surface area (Å²) in [6, 6.07) is 3.92. The monoisotopic (exact) mass is 261 g/mol. The molecular weight excluding hydrogens is 238 g/mol. The molecule has 2 N–H and O–H groups in total. The smallest absolute Gasteiger partial charge is 0.220 e. The average Bonchev–Trinajstić information content (AvgIpc) is 2.47. The largest absolute Gasteiger partial charge is 0.350 e. The first kappa shape index (κ1) is 14.0. The van der Waals surface area contributed by atoms with Crippen LogP contribution in [0.4, 0.5) is 0 Å². The summed E-state index contributed by atoms with van der Waals surface area (Å²) in [5.74, 6) is 0.801. The maximum Gasteiger partial charge on any atom is 0.220 e. The van der Waals surface area contributed by atoms with Crippen LogP contribution in [-0.4, -0.2) is 24.0 Å². The fraction of sp³-hybridized carbons (Fsp3) is 0.600. The van der Waals surface area contributed by atoms with E-state index in [4.69, 9.17) is 0 Å². The molecule has 4 nitrogen and oxygen atoms in total. The zero-order valence-electron chi connectivity index (χ0n) is 11.6. The van der Waals surface area contributed by atoms with Crippen molar-refractivity contribution in [2.75, 3.05) is 13.1 Å². The number of carbonyl (C=O) groups is 1. The quantitative estimate of drug-likeness (QED) is 0.853. The summed E-state index contributed by atoms with van der Waals surface area (Å²) in [6.45, 7) is 4.18. The van der Waals surface area contributed by atoms with Crippen LogP contribution in [0, 0.1) is 5.92 Å². The van der Waals surface area contributed by atoms with Gasteiger partial charge in [0.1, 0.15) is 0 Å². The second kappa shape index (κ2) is 7.24. The predicted octanol–water partition coefficient (Wildman–Crippen LogP) is 2.04. The van der Waals surface area contributed by atoms with Gasteiger partial charge in [-0.05, 0) is 56.8 Å². The molecule has 1 aromatic rings. The number of aromatic nitrogens is 1. The summed E-state index contributed by atoms with van der Waals surface area (Å²) in [7, 11) is 0. The maximum absolute atomic E-state index is 11.9. The van der Waals surface area contributed by atoms with Crippen molar-refractivity contribution in [1.82, 2.24) is 15.6 Å². The Kier molecular flexibility index (Phi) is 5.33. The lowest BCUT2D eigenvalue weighted by Gasteiger charge is -2.22. The van der Waals surface area contributed by atoms with Gasteiger partial charge >= 0.3 is 0 Å². The number of piperidine rings is 1. The van der Waals surface area contributed by atoms with E-state index >= 15 is 0 Å². The zero-order valence-corrected chi connectivity index (χ0v) is 11.6. The Morgan fingerprint density at radius 2 is 2.53 bits per heavy atom. The highest BCUT2D eigenvalue weighted by Gasteiger charge is 2.15. The standard InChI is InChI=1S/C15H23N3O/c1-12(14-5-3-9-17-11-14)18-15(19)7-6-13-4-2-8-16-10-13/h3,5,9,11-13,16H,2,4,6-8,10H2,1H3,(H,18,19)/t12-,13?/m0/s1. The minimum atomic E-state index is 0.0330. The molecule has 2 rings (SSSR count). The normalized spacial score (nSPS) is 20.8. The average molecular weight is 261 g/mol. The number of pyridine rings is 1. The van der Waals surface area contributed by atoms with Crippen molar-refractivity contribution in [3.63, 3.8) is 0 Å². The maximum atomic E-state index is 11.9. The Labute approximate surface area is 115 Å². The number of amides is 1. The Balaban J connectivity index is 1.71. The van der Waals surface area contributed by atoms with E-state index in [2.05, 4.69) is 15.6 Å². The van der Waals surface area contributed by atoms with Gasteiger partial charge in [-0.3, -0.25) is 9.78 Å². The van der Waals surface area contributed by atoms with Gasteiger partial charge < -0.3 is 10.6 Å². The molecule has 0 bridgehead atoms. The minimum Gasteiger partial charge on any atom is -0.350 e. The number of hydrogen-bond acceptors (Lipinski definition) is 3. The van der Waals surface area contributed by atoms with Crippen molar-refractivity contribution in [2.45, 2.75) is 38.6 Å². The summed E-state index contributed by atoms with van der Waals surface area (Å²) in [6.07, 6.45) is 7.64. The number of hydrogen-bond donors (Lipinski definition) is 2. The van der Waals surface area contributed by atoms with Crippen molar-refractivity contribution >= 4 is 5.91 Å². The molecule has 1 saturated heterocycles. The van der Waals surface area contributed by atoms with Crippen LogP contribution in [0.15, 0.2) is 24.5 Å². The van der Waals surface area contributed by atoms with Crippen molar-refractivity contribution in [2.24, 2.45) is 5.92 Å². The molecule has 1 amide bonds. The third-order valence-corrected chi connectivity index (χ3v) is 3.74. The molecule has 19 heavy (non-hydrogen) atoms. The molecule has 1 aliphatic rings. The molecule has 1 fully saturated rings. The summed E-state index contributed by atoms with van der Waals surface area (Å²) >= 11 is 0. The van der Waals surface area contributed by atoms with Crippen LogP contribution in [0.3, 0.4) is 0 Å². The topological polar surface area (TPSA) is 54.0 Å². The molecule has 2 atom stereocenters. The van der Waals surface area contributed by atoms with Gasteiger partial charge in [0, 0.05) is 18.8 Å². The molecule has 0 saturated carbocycles. The summed E-state index contributed by atoms with van der Waals surface area (Å²) in [4.78, 5) is 16.0. The number of carbonyl (C=O) groups excluding carboxylic acids is 1.